The van der Waals surface area contributed by atoms with E-state index in [9.17, 15) is 14.3 Å². The second kappa shape index (κ2) is 5.15. The number of hydrogen-bond donors (Lipinski definition) is 1. The summed E-state index contributed by atoms with van der Waals surface area (Å²) in [6.45, 7) is 0. The average Bonchev–Trinajstić information content (AvgIpc) is 3.30. The fourth-order valence-corrected chi connectivity index (χ4v) is 2.62. The Balaban J connectivity index is 1.75. The zero-order valence-corrected chi connectivity index (χ0v) is 12.2. The molecule has 1 fully saturated rings. The summed E-state index contributed by atoms with van der Waals surface area (Å²) in [6.07, 6.45) is 2.17. The molecule has 1 aliphatic rings. The molecule has 1 aliphatic carbocycles. The van der Waals surface area contributed by atoms with Gasteiger partial charge in [0.1, 0.15) is 5.78 Å². The van der Waals surface area contributed by atoms with Gasteiger partial charge in [0.05, 0.1) is 12.1 Å². The van der Waals surface area contributed by atoms with Crippen LogP contribution < -0.4 is 0 Å². The van der Waals surface area contributed by atoms with E-state index in [1.807, 2.05) is 6.07 Å². The molecule has 6 heteroatoms. The van der Waals surface area contributed by atoms with E-state index in [4.69, 9.17) is 0 Å². The summed E-state index contributed by atoms with van der Waals surface area (Å²) in [4.78, 5) is 16.3. The molecule has 0 aliphatic heterocycles. The third-order valence-corrected chi connectivity index (χ3v) is 4.01. The van der Waals surface area contributed by atoms with Crippen LogP contribution in [-0.4, -0.2) is 25.5 Å². The molecule has 0 amide bonds. The molecular formula is C17H14FN3O2. The molecule has 0 saturated heterocycles. The van der Waals surface area contributed by atoms with Crippen LogP contribution in [0.5, 0.6) is 5.75 Å². The number of carbonyl (C=O) groups is 1. The Bertz CT molecular complexity index is 915. The number of fused-ring (bicyclic) bond motifs is 1. The molecule has 3 aromatic rings. The van der Waals surface area contributed by atoms with E-state index in [-0.39, 0.29) is 18.1 Å². The SMILES string of the molecule is O=C(Cc1nc2cccc(-c3ccc(F)c(O)c3)n2n1)C1CC1. The number of carbonyl (C=O) groups excluding carboxylic acids is 1. The minimum atomic E-state index is -0.671. The molecule has 116 valence electrons. The van der Waals surface area contributed by atoms with Gasteiger partial charge >= 0.3 is 0 Å². The molecule has 4 rings (SSSR count). The lowest BCUT2D eigenvalue weighted by atomic mass is 10.1. The quantitative estimate of drug-likeness (QED) is 0.804. The zero-order chi connectivity index (χ0) is 16.0. The van der Waals surface area contributed by atoms with Gasteiger partial charge < -0.3 is 5.11 Å². The Morgan fingerprint density at radius 1 is 1.30 bits per heavy atom. The summed E-state index contributed by atoms with van der Waals surface area (Å²) in [5.41, 5.74) is 1.92. The first kappa shape index (κ1) is 13.9. The zero-order valence-electron chi connectivity index (χ0n) is 12.2. The third kappa shape index (κ3) is 2.56. The van der Waals surface area contributed by atoms with Crippen molar-refractivity contribution in [2.75, 3.05) is 0 Å². The highest BCUT2D eigenvalue weighted by atomic mass is 19.1. The van der Waals surface area contributed by atoms with Gasteiger partial charge in [0, 0.05) is 11.5 Å². The second-order valence-electron chi connectivity index (χ2n) is 5.79. The molecule has 0 radical (unpaired) electrons. The summed E-state index contributed by atoms with van der Waals surface area (Å²) in [7, 11) is 0. The lowest BCUT2D eigenvalue weighted by Crippen LogP contribution is -2.06. The number of halogens is 1. The van der Waals surface area contributed by atoms with Crippen molar-refractivity contribution in [2.24, 2.45) is 5.92 Å². The molecule has 1 aromatic carbocycles. The smallest absolute Gasteiger partial charge is 0.164 e. The lowest BCUT2D eigenvalue weighted by Gasteiger charge is -2.05. The van der Waals surface area contributed by atoms with Gasteiger partial charge in [-0.1, -0.05) is 6.07 Å². The summed E-state index contributed by atoms with van der Waals surface area (Å²) >= 11 is 0. The van der Waals surface area contributed by atoms with Crippen LogP contribution in [0.1, 0.15) is 18.7 Å². The molecule has 0 spiro atoms. The van der Waals surface area contributed by atoms with Crippen LogP contribution in [0.15, 0.2) is 36.4 Å². The van der Waals surface area contributed by atoms with Gasteiger partial charge in [-0.15, -0.1) is 0 Å². The van der Waals surface area contributed by atoms with Crippen molar-refractivity contribution in [3.8, 4) is 17.0 Å². The van der Waals surface area contributed by atoms with Crippen LogP contribution in [0.25, 0.3) is 16.9 Å². The van der Waals surface area contributed by atoms with Gasteiger partial charge in [0.15, 0.2) is 23.0 Å². The number of ketones is 1. The number of pyridine rings is 1. The normalized spacial score (nSPS) is 14.3. The van der Waals surface area contributed by atoms with Crippen molar-refractivity contribution >= 4 is 11.4 Å². The van der Waals surface area contributed by atoms with Gasteiger partial charge in [-0.25, -0.2) is 13.9 Å². The van der Waals surface area contributed by atoms with Crippen LogP contribution in [-0.2, 0) is 11.2 Å². The highest BCUT2D eigenvalue weighted by Crippen LogP contribution is 2.31. The first-order chi connectivity index (χ1) is 11.1. The van der Waals surface area contributed by atoms with Crippen molar-refractivity contribution < 1.29 is 14.3 Å². The van der Waals surface area contributed by atoms with Crippen LogP contribution in [0.2, 0.25) is 0 Å². The predicted molar refractivity (Wildman–Crippen MR) is 81.5 cm³/mol. The highest BCUT2D eigenvalue weighted by Gasteiger charge is 2.30. The van der Waals surface area contributed by atoms with E-state index < -0.39 is 11.6 Å². The maximum Gasteiger partial charge on any atom is 0.164 e. The van der Waals surface area contributed by atoms with Crippen LogP contribution in [0.4, 0.5) is 4.39 Å². The Morgan fingerprint density at radius 3 is 2.87 bits per heavy atom. The summed E-state index contributed by atoms with van der Waals surface area (Å²) in [5.74, 6) is -0.239. The molecule has 2 heterocycles. The topological polar surface area (TPSA) is 67.5 Å². The minimum absolute atomic E-state index is 0.176. The largest absolute Gasteiger partial charge is 0.505 e. The van der Waals surface area contributed by atoms with Crippen LogP contribution >= 0.6 is 0 Å². The minimum Gasteiger partial charge on any atom is -0.505 e. The first-order valence-corrected chi connectivity index (χ1v) is 7.48. The van der Waals surface area contributed by atoms with Gasteiger partial charge in [0.2, 0.25) is 0 Å². The number of phenols is 1. The van der Waals surface area contributed by atoms with Crippen molar-refractivity contribution in [1.82, 2.24) is 14.6 Å². The van der Waals surface area contributed by atoms with Crippen LogP contribution in [0, 0.1) is 11.7 Å². The van der Waals surface area contributed by atoms with E-state index in [1.54, 1.807) is 22.7 Å². The van der Waals surface area contributed by atoms with Crippen molar-refractivity contribution in [2.45, 2.75) is 19.3 Å². The monoisotopic (exact) mass is 311 g/mol. The number of rotatable bonds is 4. The predicted octanol–water partition coefficient (Wildman–Crippen LogP) is 2.76. The molecule has 23 heavy (non-hydrogen) atoms. The number of aromatic hydroxyl groups is 1. The van der Waals surface area contributed by atoms with E-state index in [2.05, 4.69) is 10.1 Å². The van der Waals surface area contributed by atoms with Gasteiger partial charge in [-0.2, -0.15) is 5.10 Å². The molecular weight excluding hydrogens is 297 g/mol. The Hall–Kier alpha value is -2.76. The molecule has 0 atom stereocenters. The number of hydrogen-bond acceptors (Lipinski definition) is 4. The molecule has 0 unspecified atom stereocenters. The third-order valence-electron chi connectivity index (χ3n) is 4.01. The maximum absolute atomic E-state index is 13.2. The number of Topliss-reactive ketones (excluding diaryl/α,β-unsaturated/α-hetero) is 1. The number of nitrogens with zero attached hydrogens (tertiary/aromatic N) is 3. The van der Waals surface area contributed by atoms with Crippen molar-refractivity contribution in [3.05, 3.63) is 48.0 Å². The molecule has 0 bridgehead atoms. The fraction of sp³-hybridized carbons (Fsp3) is 0.235. The number of phenolic OH excluding ortho intramolecular Hbond substituents is 1. The van der Waals surface area contributed by atoms with Crippen molar-refractivity contribution in [1.29, 1.82) is 0 Å². The Labute approximate surface area is 131 Å². The average molecular weight is 311 g/mol. The van der Waals surface area contributed by atoms with Gasteiger partial charge in [-0.05, 0) is 43.2 Å². The van der Waals surface area contributed by atoms with E-state index in [1.165, 1.54) is 12.1 Å². The van der Waals surface area contributed by atoms with Gasteiger partial charge in [0.25, 0.3) is 0 Å². The van der Waals surface area contributed by atoms with E-state index in [0.29, 0.717) is 22.7 Å². The maximum atomic E-state index is 13.2. The molecule has 1 N–H and O–H groups in total. The lowest BCUT2D eigenvalue weighted by molar-refractivity contribution is -0.119. The Morgan fingerprint density at radius 2 is 2.13 bits per heavy atom. The summed E-state index contributed by atoms with van der Waals surface area (Å²) in [6, 6.07) is 9.54. The Kier molecular flexibility index (Phi) is 3.11. The number of aromatic nitrogens is 3. The molecule has 2 aromatic heterocycles. The number of benzene rings is 1. The fourth-order valence-electron chi connectivity index (χ4n) is 2.62. The van der Waals surface area contributed by atoms with E-state index in [0.717, 1.165) is 12.8 Å². The molecule has 5 nitrogen and oxygen atoms in total. The molecule has 1 saturated carbocycles. The van der Waals surface area contributed by atoms with Gasteiger partial charge in [-0.3, -0.25) is 4.79 Å². The first-order valence-electron chi connectivity index (χ1n) is 7.48. The second-order valence-corrected chi connectivity index (χ2v) is 5.79. The van der Waals surface area contributed by atoms with E-state index >= 15 is 0 Å². The highest BCUT2D eigenvalue weighted by molar-refractivity contribution is 5.84. The van der Waals surface area contributed by atoms with Crippen LogP contribution in [0.3, 0.4) is 0 Å². The summed E-state index contributed by atoms with van der Waals surface area (Å²) in [5, 5.41) is 14.0. The summed E-state index contributed by atoms with van der Waals surface area (Å²) < 4.78 is 14.8. The van der Waals surface area contributed by atoms with Crippen molar-refractivity contribution in [3.63, 3.8) is 0 Å². The standard InChI is InChI=1S/C17H14FN3O2/c18-12-7-6-11(8-15(12)23)13-2-1-3-17-19-16(20-21(13)17)9-14(22)10-4-5-10/h1-3,6-8,10,23H,4-5,9H2.